The summed E-state index contributed by atoms with van der Waals surface area (Å²) in [4.78, 5) is 10.9. The number of rotatable bonds is 4. The molecule has 1 N–H and O–H groups in total. The second-order valence-corrected chi connectivity index (χ2v) is 6.56. The molecule has 1 aliphatic heterocycles. The Balaban J connectivity index is 1.44. The van der Waals surface area contributed by atoms with Crippen LogP contribution in [0.5, 0.6) is 0 Å². The van der Waals surface area contributed by atoms with Crippen LogP contribution in [0, 0.1) is 5.82 Å². The van der Waals surface area contributed by atoms with Crippen LogP contribution in [0.15, 0.2) is 54.7 Å². The quantitative estimate of drug-likeness (QED) is 0.789. The molecule has 0 radical (unpaired) electrons. The maximum Gasteiger partial charge on any atom is 0.165 e. The zero-order chi connectivity index (χ0) is 17.2. The number of nitrogens with one attached hydrogen (secondary N) is 1. The van der Waals surface area contributed by atoms with Gasteiger partial charge in [0.1, 0.15) is 0 Å². The summed E-state index contributed by atoms with van der Waals surface area (Å²) in [5, 5.41) is 4.77. The first-order valence-electron chi connectivity index (χ1n) is 8.68. The number of aromatic nitrogens is 2. The van der Waals surface area contributed by atoms with Gasteiger partial charge in [-0.2, -0.15) is 0 Å². The minimum atomic E-state index is -0.257. The second-order valence-electron chi connectivity index (χ2n) is 6.56. The number of benzene rings is 1. The summed E-state index contributed by atoms with van der Waals surface area (Å²) in [6.07, 6.45) is 2.61. The summed E-state index contributed by atoms with van der Waals surface area (Å²) in [6, 6.07) is 15.8. The van der Waals surface area contributed by atoms with E-state index in [4.69, 9.17) is 4.98 Å². The Hall–Kier alpha value is -2.53. The Bertz CT molecular complexity index is 882. The van der Waals surface area contributed by atoms with Gasteiger partial charge < -0.3 is 10.2 Å². The van der Waals surface area contributed by atoms with Gasteiger partial charge in [-0.1, -0.05) is 24.3 Å². The van der Waals surface area contributed by atoms with E-state index in [-0.39, 0.29) is 11.9 Å². The number of hydrogen-bond donors (Lipinski definition) is 1. The van der Waals surface area contributed by atoms with Crippen LogP contribution in [0.4, 0.5) is 10.2 Å². The molecule has 1 fully saturated rings. The van der Waals surface area contributed by atoms with Crippen molar-refractivity contribution in [3.63, 3.8) is 0 Å². The minimum Gasteiger partial charge on any atom is -0.353 e. The van der Waals surface area contributed by atoms with E-state index < -0.39 is 0 Å². The molecule has 25 heavy (non-hydrogen) atoms. The van der Waals surface area contributed by atoms with Crippen molar-refractivity contribution < 1.29 is 4.39 Å². The SMILES string of the molecule is CC(NC1CCN(c2ncccc2F)C1)c1ccc2ccccc2n1. The van der Waals surface area contributed by atoms with Gasteiger partial charge in [0.2, 0.25) is 0 Å². The van der Waals surface area contributed by atoms with Crippen molar-refractivity contribution in [2.45, 2.75) is 25.4 Å². The molecule has 0 aliphatic carbocycles. The van der Waals surface area contributed by atoms with E-state index in [9.17, 15) is 4.39 Å². The van der Waals surface area contributed by atoms with E-state index in [0.29, 0.717) is 11.9 Å². The Kier molecular flexibility index (Phi) is 4.32. The number of halogens is 1. The molecule has 2 atom stereocenters. The highest BCUT2D eigenvalue weighted by atomic mass is 19.1. The summed E-state index contributed by atoms with van der Waals surface area (Å²) < 4.78 is 13.9. The highest BCUT2D eigenvalue weighted by Gasteiger charge is 2.26. The molecule has 5 heteroatoms. The summed E-state index contributed by atoms with van der Waals surface area (Å²) >= 11 is 0. The van der Waals surface area contributed by atoms with Crippen molar-refractivity contribution in [1.82, 2.24) is 15.3 Å². The van der Waals surface area contributed by atoms with E-state index in [0.717, 1.165) is 36.1 Å². The van der Waals surface area contributed by atoms with Crippen molar-refractivity contribution >= 4 is 16.7 Å². The average Bonchev–Trinajstić information content (AvgIpc) is 3.10. The van der Waals surface area contributed by atoms with E-state index in [2.05, 4.69) is 35.4 Å². The first kappa shape index (κ1) is 16.0. The molecule has 0 bridgehead atoms. The Morgan fingerprint density at radius 1 is 1.16 bits per heavy atom. The first-order valence-corrected chi connectivity index (χ1v) is 8.68. The molecule has 2 aromatic heterocycles. The van der Waals surface area contributed by atoms with Gasteiger partial charge in [0.05, 0.1) is 11.2 Å². The highest BCUT2D eigenvalue weighted by Crippen LogP contribution is 2.23. The van der Waals surface area contributed by atoms with E-state index in [1.54, 1.807) is 12.3 Å². The average molecular weight is 336 g/mol. The molecule has 0 spiro atoms. The van der Waals surface area contributed by atoms with Gasteiger partial charge in [-0.05, 0) is 37.6 Å². The van der Waals surface area contributed by atoms with Gasteiger partial charge in [-0.15, -0.1) is 0 Å². The van der Waals surface area contributed by atoms with Crippen molar-refractivity contribution in [2.75, 3.05) is 18.0 Å². The molecule has 128 valence electrons. The van der Waals surface area contributed by atoms with Crippen LogP contribution in [0.3, 0.4) is 0 Å². The Morgan fingerprint density at radius 3 is 2.92 bits per heavy atom. The Labute approximate surface area is 146 Å². The maximum atomic E-state index is 13.9. The van der Waals surface area contributed by atoms with Gasteiger partial charge in [0.15, 0.2) is 11.6 Å². The number of anilines is 1. The topological polar surface area (TPSA) is 41.0 Å². The van der Waals surface area contributed by atoms with Crippen LogP contribution in [0.25, 0.3) is 10.9 Å². The Morgan fingerprint density at radius 2 is 2.04 bits per heavy atom. The number of para-hydroxylation sites is 1. The lowest BCUT2D eigenvalue weighted by Gasteiger charge is -2.21. The van der Waals surface area contributed by atoms with Gasteiger partial charge in [0.25, 0.3) is 0 Å². The van der Waals surface area contributed by atoms with Gasteiger partial charge in [-0.3, -0.25) is 4.98 Å². The smallest absolute Gasteiger partial charge is 0.165 e. The second kappa shape index (κ2) is 6.76. The van der Waals surface area contributed by atoms with Crippen LogP contribution in [0.2, 0.25) is 0 Å². The summed E-state index contributed by atoms with van der Waals surface area (Å²) in [7, 11) is 0. The third-order valence-electron chi connectivity index (χ3n) is 4.78. The van der Waals surface area contributed by atoms with Gasteiger partial charge in [0, 0.05) is 36.8 Å². The van der Waals surface area contributed by atoms with E-state index in [1.165, 1.54) is 6.07 Å². The van der Waals surface area contributed by atoms with E-state index >= 15 is 0 Å². The standard InChI is InChI=1S/C20H21FN4/c1-14(18-9-8-15-5-2-3-7-19(15)24-18)23-16-10-12-25(13-16)20-17(21)6-4-11-22-20/h2-9,11,14,16,23H,10,12-13H2,1H3. The number of hydrogen-bond acceptors (Lipinski definition) is 4. The zero-order valence-corrected chi connectivity index (χ0v) is 14.2. The summed E-state index contributed by atoms with van der Waals surface area (Å²) in [5.74, 6) is 0.190. The summed E-state index contributed by atoms with van der Waals surface area (Å²) in [5.41, 5.74) is 2.04. The molecular formula is C20H21FN4. The molecule has 4 rings (SSSR count). The summed E-state index contributed by atoms with van der Waals surface area (Å²) in [6.45, 7) is 3.69. The van der Waals surface area contributed by atoms with E-state index in [1.807, 2.05) is 23.1 Å². The predicted molar refractivity (Wildman–Crippen MR) is 98.1 cm³/mol. The third-order valence-corrected chi connectivity index (χ3v) is 4.78. The van der Waals surface area contributed by atoms with Gasteiger partial charge >= 0.3 is 0 Å². The largest absolute Gasteiger partial charge is 0.353 e. The third kappa shape index (κ3) is 3.33. The zero-order valence-electron chi connectivity index (χ0n) is 14.2. The minimum absolute atomic E-state index is 0.142. The van der Waals surface area contributed by atoms with Crippen molar-refractivity contribution in [3.05, 3.63) is 66.2 Å². The van der Waals surface area contributed by atoms with Crippen LogP contribution in [0.1, 0.15) is 25.1 Å². The van der Waals surface area contributed by atoms with Crippen LogP contribution >= 0.6 is 0 Å². The highest BCUT2D eigenvalue weighted by molar-refractivity contribution is 5.78. The molecule has 0 saturated carbocycles. The number of nitrogens with zero attached hydrogens (tertiary/aromatic N) is 3. The van der Waals surface area contributed by atoms with Crippen LogP contribution < -0.4 is 10.2 Å². The molecule has 1 aliphatic rings. The lowest BCUT2D eigenvalue weighted by Crippen LogP contribution is -2.35. The van der Waals surface area contributed by atoms with Gasteiger partial charge in [-0.25, -0.2) is 9.37 Å². The number of pyridine rings is 2. The van der Waals surface area contributed by atoms with Crippen molar-refractivity contribution in [2.24, 2.45) is 0 Å². The molecule has 2 unspecified atom stereocenters. The fourth-order valence-corrected chi connectivity index (χ4v) is 3.46. The monoisotopic (exact) mass is 336 g/mol. The molecule has 0 amide bonds. The molecule has 4 nitrogen and oxygen atoms in total. The molecule has 1 saturated heterocycles. The molecule has 1 aromatic carbocycles. The lowest BCUT2D eigenvalue weighted by atomic mass is 10.1. The fraction of sp³-hybridized carbons (Fsp3) is 0.300. The lowest BCUT2D eigenvalue weighted by molar-refractivity contribution is 0.474. The predicted octanol–water partition coefficient (Wildman–Crippen LogP) is 3.70. The number of fused-ring (bicyclic) bond motifs is 1. The molecule has 3 aromatic rings. The maximum absolute atomic E-state index is 13.9. The molecule has 3 heterocycles. The fourth-order valence-electron chi connectivity index (χ4n) is 3.46. The van der Waals surface area contributed by atoms with Crippen LogP contribution in [-0.4, -0.2) is 29.1 Å². The first-order chi connectivity index (χ1) is 12.2. The van der Waals surface area contributed by atoms with Crippen molar-refractivity contribution in [1.29, 1.82) is 0 Å². The van der Waals surface area contributed by atoms with Crippen LogP contribution in [-0.2, 0) is 0 Å². The van der Waals surface area contributed by atoms with Crippen molar-refractivity contribution in [3.8, 4) is 0 Å². The normalized spacial score (nSPS) is 18.6. The molecular weight excluding hydrogens is 315 g/mol.